The number of nitrogen functional groups attached to an aromatic ring is 1. The van der Waals surface area contributed by atoms with E-state index in [2.05, 4.69) is 4.98 Å². The van der Waals surface area contributed by atoms with E-state index in [0.717, 1.165) is 12.1 Å². The Hall–Kier alpha value is -2.24. The number of hydrogen-bond acceptors (Lipinski definition) is 3. The second-order valence-electron chi connectivity index (χ2n) is 3.86. The summed E-state index contributed by atoms with van der Waals surface area (Å²) in [5.74, 6) is 0.686. The lowest BCUT2D eigenvalue weighted by Gasteiger charge is -2.10. The number of nitrogens with zero attached hydrogens (tertiary/aromatic N) is 1. The number of pyridine rings is 1. The van der Waals surface area contributed by atoms with Crippen LogP contribution in [0, 0.1) is 0 Å². The van der Waals surface area contributed by atoms with E-state index in [0.29, 0.717) is 17.1 Å². The lowest BCUT2D eigenvalue weighted by Crippen LogP contribution is -2.05. The van der Waals surface area contributed by atoms with Gasteiger partial charge in [0, 0.05) is 11.8 Å². The van der Waals surface area contributed by atoms with Gasteiger partial charge < -0.3 is 10.5 Å². The molecule has 1 aromatic carbocycles. The third-order valence-corrected chi connectivity index (χ3v) is 2.50. The fourth-order valence-electron chi connectivity index (χ4n) is 1.47. The summed E-state index contributed by atoms with van der Waals surface area (Å²) in [4.78, 5) is 3.89. The van der Waals surface area contributed by atoms with Crippen molar-refractivity contribution in [2.45, 2.75) is 12.8 Å². The van der Waals surface area contributed by atoms with E-state index < -0.39 is 11.7 Å². The second-order valence-corrected chi connectivity index (χ2v) is 3.86. The van der Waals surface area contributed by atoms with Crippen molar-refractivity contribution in [3.05, 3.63) is 53.7 Å². The summed E-state index contributed by atoms with van der Waals surface area (Å²) in [5.41, 5.74) is 5.60. The molecule has 3 nitrogen and oxygen atoms in total. The molecule has 0 atom stereocenters. The van der Waals surface area contributed by atoms with Gasteiger partial charge in [-0.1, -0.05) is 6.07 Å². The Morgan fingerprint density at radius 2 is 1.79 bits per heavy atom. The van der Waals surface area contributed by atoms with Gasteiger partial charge in [-0.3, -0.25) is 0 Å². The zero-order valence-corrected chi connectivity index (χ0v) is 9.82. The fraction of sp³-hybridized carbons (Fsp3) is 0.154. The molecule has 0 spiro atoms. The molecule has 2 rings (SSSR count). The maximum Gasteiger partial charge on any atom is 0.416 e. The number of aromatic nitrogens is 1. The SMILES string of the molecule is Nc1ncccc1COc1ccc(C(F)(F)F)cc1. The highest BCUT2D eigenvalue weighted by Crippen LogP contribution is 2.30. The molecular weight excluding hydrogens is 257 g/mol. The molecule has 0 fully saturated rings. The first-order chi connectivity index (χ1) is 8.97. The maximum atomic E-state index is 12.4. The second kappa shape index (κ2) is 5.17. The molecule has 6 heteroatoms. The smallest absolute Gasteiger partial charge is 0.416 e. The highest BCUT2D eigenvalue weighted by atomic mass is 19.4. The van der Waals surface area contributed by atoms with Crippen LogP contribution in [0.15, 0.2) is 42.6 Å². The summed E-state index contributed by atoms with van der Waals surface area (Å²) in [7, 11) is 0. The zero-order valence-electron chi connectivity index (χ0n) is 9.82. The first kappa shape index (κ1) is 13.2. The van der Waals surface area contributed by atoms with Crippen LogP contribution in [-0.4, -0.2) is 4.98 Å². The Morgan fingerprint density at radius 1 is 1.11 bits per heavy atom. The Morgan fingerprint density at radius 3 is 2.37 bits per heavy atom. The first-order valence-electron chi connectivity index (χ1n) is 5.46. The van der Waals surface area contributed by atoms with Gasteiger partial charge in [0.25, 0.3) is 0 Å². The zero-order chi connectivity index (χ0) is 13.9. The molecule has 0 saturated heterocycles. The average molecular weight is 268 g/mol. The number of ether oxygens (including phenoxy) is 1. The van der Waals surface area contributed by atoms with Crippen LogP contribution >= 0.6 is 0 Å². The van der Waals surface area contributed by atoms with E-state index in [9.17, 15) is 13.2 Å². The van der Waals surface area contributed by atoms with Crippen LogP contribution < -0.4 is 10.5 Å². The molecule has 1 aromatic heterocycles. The lowest BCUT2D eigenvalue weighted by molar-refractivity contribution is -0.137. The fourth-order valence-corrected chi connectivity index (χ4v) is 1.47. The predicted molar refractivity (Wildman–Crippen MR) is 64.4 cm³/mol. The van der Waals surface area contributed by atoms with Crippen molar-refractivity contribution < 1.29 is 17.9 Å². The predicted octanol–water partition coefficient (Wildman–Crippen LogP) is 3.26. The van der Waals surface area contributed by atoms with Crippen LogP contribution in [0.3, 0.4) is 0 Å². The Kier molecular flexibility index (Phi) is 3.59. The van der Waals surface area contributed by atoms with E-state index in [4.69, 9.17) is 10.5 Å². The normalized spacial score (nSPS) is 11.3. The molecule has 0 bridgehead atoms. The van der Waals surface area contributed by atoms with Crippen molar-refractivity contribution in [3.63, 3.8) is 0 Å². The van der Waals surface area contributed by atoms with Crippen molar-refractivity contribution in [1.29, 1.82) is 0 Å². The van der Waals surface area contributed by atoms with E-state index >= 15 is 0 Å². The third kappa shape index (κ3) is 3.37. The van der Waals surface area contributed by atoms with E-state index in [-0.39, 0.29) is 6.61 Å². The quantitative estimate of drug-likeness (QED) is 0.929. The molecule has 1 heterocycles. The number of hydrogen-bond donors (Lipinski definition) is 1. The maximum absolute atomic E-state index is 12.4. The molecule has 0 amide bonds. The molecular formula is C13H11F3N2O. The van der Waals surface area contributed by atoms with Crippen molar-refractivity contribution in [2.75, 3.05) is 5.73 Å². The number of anilines is 1. The van der Waals surface area contributed by atoms with Gasteiger partial charge in [0.05, 0.1) is 5.56 Å². The first-order valence-corrected chi connectivity index (χ1v) is 5.46. The molecule has 19 heavy (non-hydrogen) atoms. The van der Waals surface area contributed by atoms with Gasteiger partial charge >= 0.3 is 6.18 Å². The summed E-state index contributed by atoms with van der Waals surface area (Å²) in [6.45, 7) is 0.158. The van der Waals surface area contributed by atoms with Crippen molar-refractivity contribution in [1.82, 2.24) is 4.98 Å². The molecule has 0 saturated carbocycles. The Balaban J connectivity index is 2.03. The molecule has 0 unspecified atom stereocenters. The highest BCUT2D eigenvalue weighted by molar-refractivity contribution is 5.38. The van der Waals surface area contributed by atoms with Crippen molar-refractivity contribution in [3.8, 4) is 5.75 Å². The Labute approximate surface area is 107 Å². The number of nitrogens with two attached hydrogens (primary N) is 1. The van der Waals surface area contributed by atoms with Crippen LogP contribution in [0.2, 0.25) is 0 Å². The van der Waals surface area contributed by atoms with Crippen LogP contribution in [0.5, 0.6) is 5.75 Å². The lowest BCUT2D eigenvalue weighted by atomic mass is 10.2. The van der Waals surface area contributed by atoms with Crippen molar-refractivity contribution in [2.24, 2.45) is 0 Å². The minimum atomic E-state index is -4.34. The molecule has 0 aliphatic rings. The number of benzene rings is 1. The minimum absolute atomic E-state index is 0.158. The van der Waals surface area contributed by atoms with E-state index in [1.165, 1.54) is 12.1 Å². The largest absolute Gasteiger partial charge is 0.489 e. The summed E-state index contributed by atoms with van der Waals surface area (Å²) in [5, 5.41) is 0. The van der Waals surface area contributed by atoms with Gasteiger partial charge in [-0.25, -0.2) is 4.98 Å². The summed E-state index contributed by atoms with van der Waals surface area (Å²) in [6.07, 6.45) is -2.79. The van der Waals surface area contributed by atoms with Crippen LogP contribution in [-0.2, 0) is 12.8 Å². The van der Waals surface area contributed by atoms with Crippen LogP contribution in [0.4, 0.5) is 19.0 Å². The topological polar surface area (TPSA) is 48.1 Å². The molecule has 0 aliphatic carbocycles. The van der Waals surface area contributed by atoms with Gasteiger partial charge in [0.1, 0.15) is 18.2 Å². The van der Waals surface area contributed by atoms with Crippen LogP contribution in [0.25, 0.3) is 0 Å². The number of rotatable bonds is 3. The van der Waals surface area contributed by atoms with E-state index in [1.807, 2.05) is 0 Å². The molecule has 2 N–H and O–H groups in total. The molecule has 0 aliphatic heterocycles. The Bertz CT molecular complexity index is 553. The monoisotopic (exact) mass is 268 g/mol. The van der Waals surface area contributed by atoms with Crippen molar-refractivity contribution >= 4 is 5.82 Å². The van der Waals surface area contributed by atoms with Gasteiger partial charge in [0.2, 0.25) is 0 Å². The number of halogens is 3. The summed E-state index contributed by atoms with van der Waals surface area (Å²) < 4.78 is 42.4. The summed E-state index contributed by atoms with van der Waals surface area (Å²) in [6, 6.07) is 7.95. The summed E-state index contributed by atoms with van der Waals surface area (Å²) >= 11 is 0. The standard InChI is InChI=1S/C13H11F3N2O/c14-13(15,16)10-3-5-11(6-4-10)19-8-9-2-1-7-18-12(9)17/h1-7H,8H2,(H2,17,18). The van der Waals surface area contributed by atoms with Gasteiger partial charge in [-0.15, -0.1) is 0 Å². The highest BCUT2D eigenvalue weighted by Gasteiger charge is 2.29. The number of alkyl halides is 3. The van der Waals surface area contributed by atoms with Gasteiger partial charge in [0.15, 0.2) is 0 Å². The average Bonchev–Trinajstić information content (AvgIpc) is 2.37. The molecule has 0 radical (unpaired) electrons. The minimum Gasteiger partial charge on any atom is -0.489 e. The van der Waals surface area contributed by atoms with Gasteiger partial charge in [-0.05, 0) is 30.3 Å². The van der Waals surface area contributed by atoms with Gasteiger partial charge in [-0.2, -0.15) is 13.2 Å². The van der Waals surface area contributed by atoms with Crippen LogP contribution in [0.1, 0.15) is 11.1 Å². The molecule has 100 valence electrons. The molecule has 2 aromatic rings. The van der Waals surface area contributed by atoms with E-state index in [1.54, 1.807) is 18.3 Å². The third-order valence-electron chi connectivity index (χ3n) is 2.50.